The molecule has 1 saturated heterocycles. The molecule has 1 fully saturated rings. The van der Waals surface area contributed by atoms with Gasteiger partial charge in [0, 0.05) is 24.4 Å². The lowest BCUT2D eigenvalue weighted by Gasteiger charge is -2.36. The smallest absolute Gasteiger partial charge is 0.317 e. The zero-order valence-corrected chi connectivity index (χ0v) is 23.6. The number of urea groups is 1. The third-order valence-corrected chi connectivity index (χ3v) is 8.71. The molecule has 0 bridgehead atoms. The molecule has 5 nitrogen and oxygen atoms in total. The number of halogens is 6. The maximum atomic E-state index is 14.4. The Morgan fingerprint density at radius 1 is 1.07 bits per heavy atom. The number of fused-ring (bicyclic) bond motifs is 2. The van der Waals surface area contributed by atoms with E-state index in [9.17, 15) is 18.0 Å². The molecule has 210 valence electrons. The Labute approximate surface area is 245 Å². The standard InChI is InChI=1S/C29H26Cl3F3N4O/c30-22-7-6-19(15-23(22)31)3-2-14-39(27(40)38-17-20-8-11-37-25(32)16-20)18-28(9-12-36-13-10-28)26-21(29(33,34)35)4-1-5-24(26)39/h1-8,11,15-16,36H,9-10,12-14,17-18H2/p+1/b3-2+. The number of nitrogens with zero attached hydrogens (tertiary/aromatic N) is 2. The van der Waals surface area contributed by atoms with Crippen LogP contribution in [0.15, 0.2) is 60.8 Å². The Balaban J connectivity index is 1.59. The molecule has 0 saturated carbocycles. The summed E-state index contributed by atoms with van der Waals surface area (Å²) in [6.45, 7) is 1.66. The lowest BCUT2D eigenvalue weighted by atomic mass is 9.73. The normalized spacial score (nSPS) is 20.1. The molecule has 11 heteroatoms. The summed E-state index contributed by atoms with van der Waals surface area (Å²) < 4.78 is 42.9. The van der Waals surface area contributed by atoms with Crippen molar-refractivity contribution in [3.05, 3.63) is 98.3 Å². The van der Waals surface area contributed by atoms with Crippen molar-refractivity contribution in [3.63, 3.8) is 0 Å². The Morgan fingerprint density at radius 2 is 1.85 bits per heavy atom. The highest BCUT2D eigenvalue weighted by molar-refractivity contribution is 6.42. The van der Waals surface area contributed by atoms with Crippen LogP contribution in [0.4, 0.5) is 23.7 Å². The second kappa shape index (κ2) is 11.3. The average molecular weight is 611 g/mol. The van der Waals surface area contributed by atoms with Crippen molar-refractivity contribution >= 4 is 52.6 Å². The summed E-state index contributed by atoms with van der Waals surface area (Å²) in [5.74, 6) is 0. The fraction of sp³-hybridized carbons (Fsp3) is 0.310. The number of quaternary nitrogens is 1. The summed E-state index contributed by atoms with van der Waals surface area (Å²) in [5, 5.41) is 7.32. The van der Waals surface area contributed by atoms with Gasteiger partial charge in [-0.15, -0.1) is 0 Å². The summed E-state index contributed by atoms with van der Waals surface area (Å²) in [4.78, 5) is 18.1. The van der Waals surface area contributed by atoms with Crippen LogP contribution in [0.1, 0.15) is 35.1 Å². The van der Waals surface area contributed by atoms with Gasteiger partial charge in [-0.2, -0.15) is 13.2 Å². The molecule has 2 amide bonds. The van der Waals surface area contributed by atoms with Crippen LogP contribution in [-0.4, -0.2) is 37.2 Å². The van der Waals surface area contributed by atoms with Gasteiger partial charge in [-0.05, 0) is 73.5 Å². The van der Waals surface area contributed by atoms with E-state index in [2.05, 4.69) is 15.6 Å². The Morgan fingerprint density at radius 3 is 2.55 bits per heavy atom. The van der Waals surface area contributed by atoms with Gasteiger partial charge in [0.25, 0.3) is 0 Å². The molecule has 2 N–H and O–H groups in total. The number of benzene rings is 2. The van der Waals surface area contributed by atoms with Crippen molar-refractivity contribution in [1.82, 2.24) is 20.1 Å². The van der Waals surface area contributed by atoms with Crippen LogP contribution in [0.5, 0.6) is 0 Å². The number of nitrogens with one attached hydrogen (secondary N) is 2. The maximum Gasteiger partial charge on any atom is 0.422 e. The van der Waals surface area contributed by atoms with E-state index in [-0.39, 0.29) is 40.9 Å². The van der Waals surface area contributed by atoms with Crippen LogP contribution >= 0.6 is 34.8 Å². The number of piperidine rings is 1. The fourth-order valence-corrected chi connectivity index (χ4v) is 6.48. The number of carbonyl (C=O) groups is 1. The van der Waals surface area contributed by atoms with Crippen LogP contribution in [0.3, 0.4) is 0 Å². The lowest BCUT2D eigenvalue weighted by Crippen LogP contribution is -2.60. The fourth-order valence-electron chi connectivity index (χ4n) is 5.98. The van der Waals surface area contributed by atoms with E-state index in [4.69, 9.17) is 34.8 Å². The predicted octanol–water partition coefficient (Wildman–Crippen LogP) is 7.63. The molecule has 2 aliphatic rings. The summed E-state index contributed by atoms with van der Waals surface area (Å²) >= 11 is 18.2. The molecule has 2 aliphatic heterocycles. The zero-order valence-electron chi connectivity index (χ0n) is 21.4. The Hall–Kier alpha value is -2.62. The summed E-state index contributed by atoms with van der Waals surface area (Å²) in [5.41, 5.74) is 0.628. The summed E-state index contributed by atoms with van der Waals surface area (Å²) in [6, 6.07) is 12.3. The van der Waals surface area contributed by atoms with Gasteiger partial charge in [-0.25, -0.2) is 14.3 Å². The van der Waals surface area contributed by atoms with Gasteiger partial charge in [-0.1, -0.05) is 53.0 Å². The van der Waals surface area contributed by atoms with E-state index in [0.717, 1.165) is 17.2 Å². The monoisotopic (exact) mass is 609 g/mol. The number of rotatable bonds is 5. The molecule has 0 radical (unpaired) electrons. The first-order valence-corrected chi connectivity index (χ1v) is 14.0. The SMILES string of the molecule is O=C(NCc1ccnc(Cl)c1)[N+]1(C/C=C/c2ccc(Cl)c(Cl)c2)CC2(CCNCC2)c2c(C(F)(F)F)cccc21. The van der Waals surface area contributed by atoms with Crippen molar-refractivity contribution < 1.29 is 18.0 Å². The number of carbonyl (C=O) groups excluding carboxylic acids is 1. The van der Waals surface area contributed by atoms with Gasteiger partial charge in [0.1, 0.15) is 23.9 Å². The Bertz CT molecular complexity index is 1460. The van der Waals surface area contributed by atoms with Crippen LogP contribution in [0, 0.1) is 0 Å². The van der Waals surface area contributed by atoms with Crippen molar-refractivity contribution in [1.29, 1.82) is 0 Å². The number of hydrogen-bond acceptors (Lipinski definition) is 3. The van der Waals surface area contributed by atoms with E-state index in [1.165, 1.54) is 6.07 Å². The third kappa shape index (κ3) is 5.60. The van der Waals surface area contributed by atoms with Crippen LogP contribution in [0.2, 0.25) is 15.2 Å². The van der Waals surface area contributed by atoms with Gasteiger partial charge in [0.05, 0.1) is 21.0 Å². The molecule has 1 atom stereocenters. The lowest BCUT2D eigenvalue weighted by molar-refractivity contribution is -0.138. The molecule has 0 aliphatic carbocycles. The van der Waals surface area contributed by atoms with Crippen LogP contribution in [-0.2, 0) is 18.1 Å². The third-order valence-electron chi connectivity index (χ3n) is 7.77. The topological polar surface area (TPSA) is 54.0 Å². The zero-order chi connectivity index (χ0) is 28.5. The van der Waals surface area contributed by atoms with Gasteiger partial charge < -0.3 is 10.6 Å². The molecular weight excluding hydrogens is 584 g/mol. The van der Waals surface area contributed by atoms with E-state index in [1.54, 1.807) is 48.7 Å². The highest BCUT2D eigenvalue weighted by atomic mass is 35.5. The second-order valence-corrected chi connectivity index (χ2v) is 11.5. The highest BCUT2D eigenvalue weighted by Gasteiger charge is 2.60. The molecule has 3 heterocycles. The number of aromatic nitrogens is 1. The molecule has 1 aromatic heterocycles. The minimum absolute atomic E-state index is 0.146. The van der Waals surface area contributed by atoms with Crippen LogP contribution in [0.25, 0.3) is 6.08 Å². The first-order valence-electron chi connectivity index (χ1n) is 12.8. The number of hydrogen-bond donors (Lipinski definition) is 2. The number of alkyl halides is 3. The van der Waals surface area contributed by atoms with Gasteiger partial charge in [-0.3, -0.25) is 0 Å². The second-order valence-electron chi connectivity index (χ2n) is 10.3. The summed E-state index contributed by atoms with van der Waals surface area (Å²) in [7, 11) is 0. The van der Waals surface area contributed by atoms with Crippen molar-refractivity contribution in [2.45, 2.75) is 31.0 Å². The van der Waals surface area contributed by atoms with Gasteiger partial charge in [0.2, 0.25) is 0 Å². The molecular formula is C29H27Cl3F3N4O+. The largest absolute Gasteiger partial charge is 0.422 e. The molecule has 1 spiro atoms. The minimum atomic E-state index is -4.55. The average Bonchev–Trinajstić information content (AvgIpc) is 3.19. The predicted molar refractivity (Wildman–Crippen MR) is 154 cm³/mol. The summed E-state index contributed by atoms with van der Waals surface area (Å²) in [6.07, 6.45) is 1.60. The van der Waals surface area contributed by atoms with Crippen LogP contribution < -0.4 is 15.1 Å². The quantitative estimate of drug-likeness (QED) is 0.231. The van der Waals surface area contributed by atoms with E-state index in [0.29, 0.717) is 41.7 Å². The van der Waals surface area contributed by atoms with E-state index < -0.39 is 17.2 Å². The maximum absolute atomic E-state index is 14.4. The first kappa shape index (κ1) is 28.9. The molecule has 5 rings (SSSR count). The van der Waals surface area contributed by atoms with Crippen molar-refractivity contribution in [3.8, 4) is 0 Å². The Kier molecular flexibility index (Phi) is 8.19. The first-order chi connectivity index (χ1) is 19.0. The van der Waals surface area contributed by atoms with Gasteiger partial charge >= 0.3 is 12.2 Å². The highest BCUT2D eigenvalue weighted by Crippen LogP contribution is 2.54. The van der Waals surface area contributed by atoms with Crippen molar-refractivity contribution in [2.75, 3.05) is 26.2 Å². The molecule has 1 unspecified atom stereocenters. The number of amides is 2. The number of pyridine rings is 1. The van der Waals surface area contributed by atoms with E-state index >= 15 is 0 Å². The van der Waals surface area contributed by atoms with Crippen molar-refractivity contribution in [2.24, 2.45) is 0 Å². The van der Waals surface area contributed by atoms with E-state index in [1.807, 2.05) is 6.08 Å². The molecule has 3 aromatic rings. The molecule has 40 heavy (non-hydrogen) atoms. The minimum Gasteiger partial charge on any atom is -0.317 e. The van der Waals surface area contributed by atoms with Gasteiger partial charge in [0.15, 0.2) is 0 Å². The molecule has 2 aromatic carbocycles.